The molecule has 10 heteroatoms. The zero-order valence-electron chi connectivity index (χ0n) is 11.8. The lowest BCUT2D eigenvalue weighted by Crippen LogP contribution is -2.35. The van der Waals surface area contributed by atoms with Crippen LogP contribution in [0.1, 0.15) is 11.7 Å². The van der Waals surface area contributed by atoms with Gasteiger partial charge in [-0.25, -0.2) is 5.43 Å². The summed E-state index contributed by atoms with van der Waals surface area (Å²) in [5, 5.41) is 4.42. The van der Waals surface area contributed by atoms with E-state index in [1.165, 1.54) is 6.20 Å². The monoisotopic (exact) mass is 329 g/mol. The Morgan fingerprint density at radius 2 is 2.19 bits per heavy atom. The summed E-state index contributed by atoms with van der Waals surface area (Å²) in [5.74, 6) is 5.39. The van der Waals surface area contributed by atoms with Crippen LogP contribution >= 0.6 is 11.6 Å². The number of hydrogen-bond donors (Lipinski definition) is 2. The second-order valence-electron chi connectivity index (χ2n) is 4.75. The Labute approximate surface area is 125 Å². The molecule has 0 aliphatic carbocycles. The lowest BCUT2D eigenvalue weighted by molar-refractivity contribution is -0.175. The normalized spacial score (nSPS) is 13.9. The van der Waals surface area contributed by atoms with Gasteiger partial charge in [-0.05, 0) is 14.1 Å². The Balaban J connectivity index is 2.72. The Bertz CT molecular complexity index is 438. The fourth-order valence-electron chi connectivity index (χ4n) is 1.69. The molecule has 1 heterocycles. The smallest absolute Gasteiger partial charge is 0.370 e. The topological polar surface area (TPSA) is 68.3 Å². The zero-order valence-corrected chi connectivity index (χ0v) is 12.6. The van der Waals surface area contributed by atoms with Crippen molar-refractivity contribution in [2.75, 3.05) is 33.9 Å². The molecule has 0 aliphatic rings. The van der Waals surface area contributed by atoms with Crippen molar-refractivity contribution >= 4 is 11.6 Å². The molecule has 122 valence electrons. The molecule has 0 radical (unpaired) electrons. The van der Waals surface area contributed by atoms with E-state index in [-0.39, 0.29) is 6.61 Å². The predicted molar refractivity (Wildman–Crippen MR) is 72.7 cm³/mol. The quantitative estimate of drug-likeness (QED) is 0.554. The molecular weight excluding hydrogens is 311 g/mol. The number of rotatable bonds is 8. The van der Waals surface area contributed by atoms with Crippen molar-refractivity contribution in [1.82, 2.24) is 20.1 Å². The molecule has 0 aliphatic heterocycles. The summed E-state index contributed by atoms with van der Waals surface area (Å²) in [6, 6.07) is -0.676. The van der Waals surface area contributed by atoms with Crippen molar-refractivity contribution in [1.29, 1.82) is 0 Å². The summed E-state index contributed by atoms with van der Waals surface area (Å²) in [7, 11) is 3.80. The van der Waals surface area contributed by atoms with Crippen LogP contribution in [-0.4, -0.2) is 54.7 Å². The number of ether oxygens (including phenoxy) is 1. The summed E-state index contributed by atoms with van der Waals surface area (Å²) in [6.45, 7) is -0.365. The third-order valence-electron chi connectivity index (χ3n) is 2.67. The molecule has 0 aromatic carbocycles. The number of hydrazine groups is 1. The van der Waals surface area contributed by atoms with Crippen LogP contribution in [0.4, 0.5) is 13.2 Å². The first-order valence-electron chi connectivity index (χ1n) is 6.21. The minimum atomic E-state index is -4.38. The van der Waals surface area contributed by atoms with Crippen LogP contribution in [0.3, 0.4) is 0 Å². The summed E-state index contributed by atoms with van der Waals surface area (Å²) < 4.78 is 42.5. The summed E-state index contributed by atoms with van der Waals surface area (Å²) in [5.41, 5.74) is 2.91. The molecule has 1 rings (SSSR count). The molecule has 1 aromatic heterocycles. The van der Waals surface area contributed by atoms with Gasteiger partial charge in [0.1, 0.15) is 6.61 Å². The number of alkyl halides is 3. The van der Waals surface area contributed by atoms with Crippen molar-refractivity contribution in [3.05, 3.63) is 16.9 Å². The largest absolute Gasteiger partial charge is 0.411 e. The van der Waals surface area contributed by atoms with Crippen molar-refractivity contribution < 1.29 is 17.9 Å². The van der Waals surface area contributed by atoms with Gasteiger partial charge in [-0.2, -0.15) is 18.3 Å². The average Bonchev–Trinajstić information content (AvgIpc) is 2.72. The highest BCUT2D eigenvalue weighted by Gasteiger charge is 2.29. The molecule has 0 fully saturated rings. The van der Waals surface area contributed by atoms with Crippen molar-refractivity contribution in [3.63, 3.8) is 0 Å². The number of nitrogens with two attached hydrogens (primary N) is 1. The lowest BCUT2D eigenvalue weighted by Gasteiger charge is -2.20. The molecule has 0 spiro atoms. The summed E-state index contributed by atoms with van der Waals surface area (Å²) >= 11 is 6.03. The highest BCUT2D eigenvalue weighted by atomic mass is 35.5. The van der Waals surface area contributed by atoms with E-state index >= 15 is 0 Å². The van der Waals surface area contributed by atoms with Gasteiger partial charge in [0, 0.05) is 6.54 Å². The Kier molecular flexibility index (Phi) is 6.88. The Hall–Kier alpha value is -0.870. The number of halogens is 4. The van der Waals surface area contributed by atoms with Crippen LogP contribution in [0.15, 0.2) is 6.20 Å². The highest BCUT2D eigenvalue weighted by molar-refractivity contribution is 6.31. The molecule has 0 saturated carbocycles. The van der Waals surface area contributed by atoms with Gasteiger partial charge in [0.05, 0.1) is 36.1 Å². The van der Waals surface area contributed by atoms with Crippen LogP contribution in [0.25, 0.3) is 0 Å². The predicted octanol–water partition coefficient (Wildman–Crippen LogP) is 1.18. The van der Waals surface area contributed by atoms with Gasteiger partial charge in [0.25, 0.3) is 0 Å². The Morgan fingerprint density at radius 1 is 1.52 bits per heavy atom. The number of nitrogens with one attached hydrogen (secondary N) is 1. The van der Waals surface area contributed by atoms with E-state index in [9.17, 15) is 13.2 Å². The van der Waals surface area contributed by atoms with Crippen LogP contribution in [0.5, 0.6) is 0 Å². The third kappa shape index (κ3) is 6.18. The standard InChI is InChI=1S/C11H19ClF3N5O/c1-19(2)3-4-20-10(8(12)5-17-20)9(18-16)6-21-7-11(13,14)15/h5,9,18H,3-4,6-7,16H2,1-2H3. The van der Waals surface area contributed by atoms with Crippen LogP contribution in [0, 0.1) is 0 Å². The molecule has 0 saturated heterocycles. The van der Waals surface area contributed by atoms with Gasteiger partial charge in [-0.3, -0.25) is 10.5 Å². The first-order chi connectivity index (χ1) is 9.74. The molecule has 0 bridgehead atoms. The van der Waals surface area contributed by atoms with Crippen molar-refractivity contribution in [2.24, 2.45) is 5.84 Å². The van der Waals surface area contributed by atoms with Gasteiger partial charge in [-0.15, -0.1) is 0 Å². The SMILES string of the molecule is CN(C)CCn1ncc(Cl)c1C(COCC(F)(F)F)NN. The van der Waals surface area contributed by atoms with Crippen LogP contribution in [-0.2, 0) is 11.3 Å². The number of hydrogen-bond acceptors (Lipinski definition) is 5. The molecular formula is C11H19ClF3N5O. The maximum Gasteiger partial charge on any atom is 0.411 e. The molecule has 0 amide bonds. The van der Waals surface area contributed by atoms with E-state index in [1.54, 1.807) is 4.68 Å². The first kappa shape index (κ1) is 18.2. The van der Waals surface area contributed by atoms with Crippen molar-refractivity contribution in [2.45, 2.75) is 18.8 Å². The van der Waals surface area contributed by atoms with Crippen LogP contribution < -0.4 is 11.3 Å². The molecule has 6 nitrogen and oxygen atoms in total. The summed E-state index contributed by atoms with van der Waals surface area (Å²) in [4.78, 5) is 1.95. The average molecular weight is 330 g/mol. The van der Waals surface area contributed by atoms with E-state index in [1.807, 2.05) is 19.0 Å². The number of nitrogens with zero attached hydrogens (tertiary/aromatic N) is 3. The first-order valence-corrected chi connectivity index (χ1v) is 6.59. The van der Waals surface area contributed by atoms with Gasteiger partial charge in [0.2, 0.25) is 0 Å². The van der Waals surface area contributed by atoms with Gasteiger partial charge in [-0.1, -0.05) is 11.6 Å². The molecule has 1 unspecified atom stereocenters. The van der Waals surface area contributed by atoms with Gasteiger partial charge in [0.15, 0.2) is 0 Å². The van der Waals surface area contributed by atoms with Crippen molar-refractivity contribution in [3.8, 4) is 0 Å². The fourth-order valence-corrected chi connectivity index (χ4v) is 1.96. The van der Waals surface area contributed by atoms with E-state index in [0.717, 1.165) is 0 Å². The van der Waals surface area contributed by atoms with Gasteiger partial charge < -0.3 is 9.64 Å². The Morgan fingerprint density at radius 3 is 2.71 bits per heavy atom. The third-order valence-corrected chi connectivity index (χ3v) is 2.96. The zero-order chi connectivity index (χ0) is 16.0. The lowest BCUT2D eigenvalue weighted by atomic mass is 10.2. The fraction of sp³-hybridized carbons (Fsp3) is 0.727. The molecule has 1 atom stereocenters. The summed E-state index contributed by atoms with van der Waals surface area (Å²) in [6.07, 6.45) is -2.95. The second-order valence-corrected chi connectivity index (χ2v) is 5.16. The maximum absolute atomic E-state index is 12.1. The minimum Gasteiger partial charge on any atom is -0.370 e. The molecule has 21 heavy (non-hydrogen) atoms. The molecule has 1 aromatic rings. The second kappa shape index (κ2) is 7.95. The van der Waals surface area contributed by atoms with E-state index in [4.69, 9.17) is 17.4 Å². The van der Waals surface area contributed by atoms with Crippen LogP contribution in [0.2, 0.25) is 5.02 Å². The van der Waals surface area contributed by atoms with Gasteiger partial charge >= 0.3 is 6.18 Å². The molecule has 3 N–H and O–H groups in total. The highest BCUT2D eigenvalue weighted by Crippen LogP contribution is 2.23. The number of likely N-dealkylation sites (N-methyl/N-ethyl adjacent to an activating group) is 1. The minimum absolute atomic E-state index is 0.261. The van der Waals surface area contributed by atoms with E-state index in [0.29, 0.717) is 23.8 Å². The number of aromatic nitrogens is 2. The maximum atomic E-state index is 12.1. The van der Waals surface area contributed by atoms with E-state index in [2.05, 4.69) is 15.3 Å². The van der Waals surface area contributed by atoms with E-state index < -0.39 is 18.8 Å².